The van der Waals surface area contributed by atoms with E-state index in [2.05, 4.69) is 122 Å². The van der Waals surface area contributed by atoms with Crippen molar-refractivity contribution in [2.75, 3.05) is 23.0 Å². The molecule has 0 nitrogen and oxygen atoms in total. The molecule has 54 heavy (non-hydrogen) atoms. The zero-order chi connectivity index (χ0) is 38.6. The third-order valence-corrected chi connectivity index (χ3v) is 22.1. The maximum absolute atomic E-state index is 2.32. The second kappa shape index (κ2) is 39.2. The minimum atomic E-state index is 1.29. The van der Waals surface area contributed by atoms with Crippen LogP contribution in [0.15, 0.2) is 25.4 Å². The van der Waals surface area contributed by atoms with Gasteiger partial charge in [0.1, 0.15) is 0 Å². The summed E-state index contributed by atoms with van der Waals surface area (Å²) in [5.74, 6) is 5.17. The Kier molecular flexibility index (Phi) is 37.8. The maximum atomic E-state index is 2.32. The highest BCUT2D eigenvalue weighted by Crippen LogP contribution is 2.66. The Morgan fingerprint density at radius 2 is 0.407 bits per heavy atom. The average Bonchev–Trinajstić information content (AvgIpc) is 3.79. The van der Waals surface area contributed by atoms with Gasteiger partial charge in [-0.15, -0.1) is 47.0 Å². The lowest BCUT2D eigenvalue weighted by atomic mass is 10.1. The molecule has 0 unspecified atom stereocenters. The fourth-order valence-corrected chi connectivity index (χ4v) is 18.9. The molecule has 0 N–H and O–H groups in total. The Morgan fingerprint density at radius 3 is 0.593 bits per heavy atom. The van der Waals surface area contributed by atoms with E-state index in [1.807, 2.05) is 0 Å². The van der Waals surface area contributed by atoms with Gasteiger partial charge in [-0.2, -0.15) is 0 Å². The molecule has 0 saturated carbocycles. The summed E-state index contributed by atoms with van der Waals surface area (Å²) < 4.78 is 9.70. The zero-order valence-corrected chi connectivity index (χ0v) is 42.3. The lowest BCUT2D eigenvalue weighted by Gasteiger charge is -2.06. The summed E-state index contributed by atoms with van der Waals surface area (Å²) in [7, 11) is 0. The molecule has 0 amide bonds. The van der Waals surface area contributed by atoms with E-state index in [1.165, 1.54) is 228 Å². The predicted molar refractivity (Wildman–Crippen MR) is 272 cm³/mol. The van der Waals surface area contributed by atoms with Crippen LogP contribution in [0.5, 0.6) is 0 Å². The quantitative estimate of drug-likeness (QED) is 0.0551. The van der Waals surface area contributed by atoms with Crippen molar-refractivity contribution in [1.29, 1.82) is 0 Å². The fourth-order valence-electron chi connectivity index (χ4n) is 6.67. The van der Waals surface area contributed by atoms with E-state index in [-0.39, 0.29) is 0 Å². The molecule has 0 radical (unpaired) electrons. The standard InChI is InChI=1S/C46H84S8/c1-5-9-13-17-21-25-29-33-37-47-41-42(48-38-34-30-26-22-18-14-10-6-2)52-45(51-41)46-53-43(49-39-35-31-27-23-19-15-11-7-3)44(54-46)50-40-36-32-28-24-20-16-12-8-4/h5-40H2,1-4H3. The van der Waals surface area contributed by atoms with Gasteiger partial charge in [-0.3, -0.25) is 0 Å². The van der Waals surface area contributed by atoms with Gasteiger partial charge in [-0.25, -0.2) is 0 Å². The summed E-state index contributed by atoms with van der Waals surface area (Å²) in [6, 6.07) is 0. The van der Waals surface area contributed by atoms with Gasteiger partial charge in [-0.05, 0) is 48.7 Å². The molecular formula is C46H84S8. The van der Waals surface area contributed by atoms with E-state index in [0.29, 0.717) is 0 Å². The smallest absolute Gasteiger partial charge is 0.0717 e. The zero-order valence-electron chi connectivity index (χ0n) is 35.7. The number of unbranched alkanes of at least 4 members (excludes halogenated alkanes) is 28. The first-order valence-electron chi connectivity index (χ1n) is 23.2. The van der Waals surface area contributed by atoms with Crippen LogP contribution in [0.4, 0.5) is 0 Å². The molecule has 0 aromatic rings. The molecule has 0 atom stereocenters. The first-order valence-corrected chi connectivity index (χ1v) is 30.4. The summed E-state index contributed by atoms with van der Waals surface area (Å²) in [4.78, 5) is 0. The van der Waals surface area contributed by atoms with E-state index in [4.69, 9.17) is 0 Å². The summed E-state index contributed by atoms with van der Waals surface area (Å²) in [5, 5.41) is 0. The second-order valence-electron chi connectivity index (χ2n) is 15.4. The third kappa shape index (κ3) is 27.7. The van der Waals surface area contributed by atoms with Gasteiger partial charge in [0.25, 0.3) is 0 Å². The van der Waals surface area contributed by atoms with Crippen molar-refractivity contribution >= 4 is 94.1 Å². The van der Waals surface area contributed by atoms with Crippen molar-refractivity contribution in [3.63, 3.8) is 0 Å². The second-order valence-corrected chi connectivity index (χ2v) is 25.5. The first-order chi connectivity index (χ1) is 26.7. The van der Waals surface area contributed by atoms with Crippen LogP contribution in [0, 0.1) is 0 Å². The van der Waals surface area contributed by atoms with Crippen LogP contribution in [0.1, 0.15) is 233 Å². The SMILES string of the molecule is CCCCCCCCCCSC1=C(SCCCCCCCCCC)SC(=C2SC(SCCCCCCCCCC)=C(SCCCCCCCCCC)S2)S1. The molecule has 2 rings (SSSR count). The molecule has 316 valence electrons. The van der Waals surface area contributed by atoms with E-state index in [0.717, 1.165) is 0 Å². The summed E-state index contributed by atoms with van der Waals surface area (Å²) >= 11 is 17.3. The molecule has 0 spiro atoms. The van der Waals surface area contributed by atoms with Crippen LogP contribution in [-0.4, -0.2) is 23.0 Å². The van der Waals surface area contributed by atoms with Crippen molar-refractivity contribution in [2.45, 2.75) is 233 Å². The Morgan fingerprint density at radius 1 is 0.241 bits per heavy atom. The fraction of sp³-hybridized carbons (Fsp3) is 0.870. The third-order valence-electron chi connectivity index (χ3n) is 10.2. The molecule has 2 aliphatic heterocycles. The molecule has 0 bridgehead atoms. The Labute approximate surface area is 372 Å². The molecule has 0 saturated heterocycles. The Bertz CT molecular complexity index is 826. The lowest BCUT2D eigenvalue weighted by Crippen LogP contribution is -1.85. The minimum absolute atomic E-state index is 1.29. The van der Waals surface area contributed by atoms with Crippen molar-refractivity contribution < 1.29 is 0 Å². The van der Waals surface area contributed by atoms with Crippen LogP contribution in [-0.2, 0) is 0 Å². The van der Waals surface area contributed by atoms with Crippen molar-refractivity contribution in [2.24, 2.45) is 0 Å². The van der Waals surface area contributed by atoms with Crippen LogP contribution < -0.4 is 0 Å². The van der Waals surface area contributed by atoms with Crippen LogP contribution in [0.3, 0.4) is 0 Å². The van der Waals surface area contributed by atoms with E-state index >= 15 is 0 Å². The van der Waals surface area contributed by atoms with Crippen LogP contribution in [0.25, 0.3) is 0 Å². The normalized spacial score (nSPS) is 14.9. The number of hydrogen-bond acceptors (Lipinski definition) is 8. The summed E-state index contributed by atoms with van der Waals surface area (Å²) in [6.07, 6.45) is 45.2. The van der Waals surface area contributed by atoms with E-state index in [9.17, 15) is 0 Å². The average molecular weight is 894 g/mol. The van der Waals surface area contributed by atoms with Gasteiger partial charge < -0.3 is 0 Å². The van der Waals surface area contributed by atoms with E-state index < -0.39 is 0 Å². The van der Waals surface area contributed by atoms with Gasteiger partial charge in [-0.1, -0.05) is 255 Å². The van der Waals surface area contributed by atoms with Gasteiger partial charge >= 0.3 is 0 Å². The highest BCUT2D eigenvalue weighted by molar-refractivity contribution is 8.45. The predicted octanol–water partition coefficient (Wildman–Crippen LogP) is 20.8. The number of hydrogen-bond donors (Lipinski definition) is 0. The van der Waals surface area contributed by atoms with Gasteiger partial charge in [0.2, 0.25) is 0 Å². The largest absolute Gasteiger partial charge is 0.117 e. The number of thioether (sulfide) groups is 8. The highest BCUT2D eigenvalue weighted by Gasteiger charge is 2.30. The maximum Gasteiger partial charge on any atom is 0.0717 e. The Hall–Kier alpha value is 2.02. The lowest BCUT2D eigenvalue weighted by molar-refractivity contribution is 0.586. The molecule has 0 aliphatic carbocycles. The molecule has 2 heterocycles. The summed E-state index contributed by atoms with van der Waals surface area (Å²) in [6.45, 7) is 9.29. The Balaban J connectivity index is 1.93. The molecule has 0 fully saturated rings. The monoisotopic (exact) mass is 892 g/mol. The number of rotatable bonds is 40. The summed E-state index contributed by atoms with van der Waals surface area (Å²) in [5.41, 5.74) is 0. The molecule has 0 aromatic carbocycles. The highest BCUT2D eigenvalue weighted by atomic mass is 32.3. The van der Waals surface area contributed by atoms with E-state index in [1.54, 1.807) is 25.4 Å². The van der Waals surface area contributed by atoms with Crippen LogP contribution >= 0.6 is 94.1 Å². The van der Waals surface area contributed by atoms with Crippen molar-refractivity contribution in [3.05, 3.63) is 25.4 Å². The molecule has 0 aromatic heterocycles. The first kappa shape index (κ1) is 52.2. The van der Waals surface area contributed by atoms with Crippen LogP contribution in [0.2, 0.25) is 0 Å². The molecule has 8 heteroatoms. The molecule has 2 aliphatic rings. The topological polar surface area (TPSA) is 0 Å². The molecular weight excluding hydrogens is 809 g/mol. The minimum Gasteiger partial charge on any atom is -0.117 e. The van der Waals surface area contributed by atoms with Gasteiger partial charge in [0.15, 0.2) is 0 Å². The van der Waals surface area contributed by atoms with Gasteiger partial charge in [0.05, 0.1) is 25.4 Å². The van der Waals surface area contributed by atoms with Crippen molar-refractivity contribution in [1.82, 2.24) is 0 Å². The van der Waals surface area contributed by atoms with Gasteiger partial charge in [0, 0.05) is 0 Å². The van der Waals surface area contributed by atoms with Crippen molar-refractivity contribution in [3.8, 4) is 0 Å².